The van der Waals surface area contributed by atoms with Crippen molar-refractivity contribution in [2.45, 2.75) is 13.5 Å². The minimum absolute atomic E-state index is 0.160. The molecule has 0 unspecified atom stereocenters. The van der Waals surface area contributed by atoms with E-state index in [-0.39, 0.29) is 24.7 Å². The molecule has 3 rings (SSSR count). The number of amides is 1. The first kappa shape index (κ1) is 15.8. The summed E-state index contributed by atoms with van der Waals surface area (Å²) in [5.74, 6) is 0.376. The highest BCUT2D eigenvalue weighted by atomic mass is 79.9. The lowest BCUT2D eigenvalue weighted by Crippen LogP contribution is -2.32. The molecule has 0 bridgehead atoms. The summed E-state index contributed by atoms with van der Waals surface area (Å²) < 4.78 is 26.0. The van der Waals surface area contributed by atoms with Gasteiger partial charge in [0.1, 0.15) is 5.82 Å². The average molecular weight is 380 g/mol. The fourth-order valence-electron chi connectivity index (χ4n) is 2.51. The minimum Gasteiger partial charge on any atom is -0.490 e. The number of halogens is 2. The van der Waals surface area contributed by atoms with E-state index < -0.39 is 5.82 Å². The van der Waals surface area contributed by atoms with Crippen LogP contribution in [0.15, 0.2) is 40.9 Å². The number of benzene rings is 2. The smallest absolute Gasteiger partial charge is 0.265 e. The number of carbonyl (C=O) groups is 1. The molecule has 23 heavy (non-hydrogen) atoms. The molecule has 0 saturated carbocycles. The Morgan fingerprint density at radius 3 is 2.91 bits per heavy atom. The summed E-state index contributed by atoms with van der Waals surface area (Å²) in [7, 11) is 0. The van der Waals surface area contributed by atoms with Crippen LogP contribution in [0.2, 0.25) is 0 Å². The van der Waals surface area contributed by atoms with Crippen LogP contribution in [0.25, 0.3) is 0 Å². The first-order valence-electron chi connectivity index (χ1n) is 7.23. The summed E-state index contributed by atoms with van der Waals surface area (Å²) in [6, 6.07) is 10.1. The van der Waals surface area contributed by atoms with E-state index in [4.69, 9.17) is 9.47 Å². The number of ether oxygens (including phenoxy) is 2. The summed E-state index contributed by atoms with van der Waals surface area (Å²) in [4.78, 5) is 13.8. The number of nitrogens with zero attached hydrogens (tertiary/aromatic N) is 1. The van der Waals surface area contributed by atoms with Crippen molar-refractivity contribution in [3.63, 3.8) is 0 Å². The highest BCUT2D eigenvalue weighted by Gasteiger charge is 2.26. The van der Waals surface area contributed by atoms with E-state index in [1.54, 1.807) is 18.2 Å². The van der Waals surface area contributed by atoms with Gasteiger partial charge in [-0.25, -0.2) is 4.39 Å². The van der Waals surface area contributed by atoms with Gasteiger partial charge in [-0.05, 0) is 31.2 Å². The molecule has 2 aromatic rings. The maximum absolute atomic E-state index is 14.2. The molecule has 0 aliphatic carbocycles. The highest BCUT2D eigenvalue weighted by Crippen LogP contribution is 2.35. The molecular formula is C17H15BrFNO3. The van der Waals surface area contributed by atoms with E-state index in [1.165, 1.54) is 11.0 Å². The van der Waals surface area contributed by atoms with Crippen molar-refractivity contribution in [1.29, 1.82) is 0 Å². The Morgan fingerprint density at radius 2 is 2.17 bits per heavy atom. The Morgan fingerprint density at radius 1 is 1.35 bits per heavy atom. The van der Waals surface area contributed by atoms with Crippen molar-refractivity contribution in [3.8, 4) is 11.5 Å². The number of fused-ring (bicyclic) bond motifs is 1. The minimum atomic E-state index is -0.461. The standard InChI is InChI=1S/C17H15BrFNO3/c1-2-22-15-5-3-4-11-9-20(16(21)10-23-17(11)15)14-7-6-12(18)8-13(14)19/h3-8H,2,9-10H2,1H3. The second kappa shape index (κ2) is 6.58. The highest BCUT2D eigenvalue weighted by molar-refractivity contribution is 9.10. The maximum atomic E-state index is 14.2. The lowest BCUT2D eigenvalue weighted by atomic mass is 10.1. The summed E-state index contributed by atoms with van der Waals surface area (Å²) in [5.41, 5.74) is 1.01. The van der Waals surface area contributed by atoms with Crippen LogP contribution < -0.4 is 14.4 Å². The normalized spacial score (nSPS) is 14.0. The van der Waals surface area contributed by atoms with E-state index >= 15 is 0 Å². The van der Waals surface area contributed by atoms with E-state index in [2.05, 4.69) is 15.9 Å². The molecule has 0 spiro atoms. The van der Waals surface area contributed by atoms with E-state index in [0.717, 1.165) is 5.56 Å². The molecule has 120 valence electrons. The quantitative estimate of drug-likeness (QED) is 0.811. The summed E-state index contributed by atoms with van der Waals surface area (Å²) >= 11 is 3.22. The van der Waals surface area contributed by atoms with E-state index in [0.29, 0.717) is 22.6 Å². The molecule has 6 heteroatoms. The fourth-order valence-corrected chi connectivity index (χ4v) is 2.84. The number of hydrogen-bond acceptors (Lipinski definition) is 3. The van der Waals surface area contributed by atoms with Crippen molar-refractivity contribution in [1.82, 2.24) is 0 Å². The van der Waals surface area contributed by atoms with Crippen LogP contribution in [-0.2, 0) is 11.3 Å². The van der Waals surface area contributed by atoms with Gasteiger partial charge in [-0.1, -0.05) is 28.1 Å². The van der Waals surface area contributed by atoms with Crippen LogP contribution in [0, 0.1) is 5.82 Å². The Labute approximate surface area is 141 Å². The van der Waals surface area contributed by atoms with Crippen LogP contribution in [0.3, 0.4) is 0 Å². The Balaban J connectivity index is 2.00. The van der Waals surface area contributed by atoms with Crippen molar-refractivity contribution >= 4 is 27.5 Å². The van der Waals surface area contributed by atoms with Gasteiger partial charge in [0.2, 0.25) is 0 Å². The number of rotatable bonds is 3. The lowest BCUT2D eigenvalue weighted by molar-refractivity contribution is -0.120. The zero-order chi connectivity index (χ0) is 16.4. The summed E-state index contributed by atoms with van der Waals surface area (Å²) in [6.45, 7) is 2.45. The molecule has 1 amide bonds. The van der Waals surface area contributed by atoms with E-state index in [9.17, 15) is 9.18 Å². The molecule has 1 aliphatic heterocycles. The van der Waals surface area contributed by atoms with Gasteiger partial charge in [-0.15, -0.1) is 0 Å². The average Bonchev–Trinajstić information content (AvgIpc) is 2.68. The van der Waals surface area contributed by atoms with Crippen LogP contribution in [0.4, 0.5) is 10.1 Å². The predicted molar refractivity (Wildman–Crippen MR) is 88.4 cm³/mol. The third kappa shape index (κ3) is 3.17. The van der Waals surface area contributed by atoms with Crippen LogP contribution >= 0.6 is 15.9 Å². The van der Waals surface area contributed by atoms with Gasteiger partial charge >= 0.3 is 0 Å². The second-order valence-corrected chi connectivity index (χ2v) is 5.96. The zero-order valence-electron chi connectivity index (χ0n) is 12.5. The van der Waals surface area contributed by atoms with Gasteiger partial charge in [0.25, 0.3) is 5.91 Å². The van der Waals surface area contributed by atoms with Crippen molar-refractivity contribution < 1.29 is 18.7 Å². The molecule has 0 atom stereocenters. The number of para-hydroxylation sites is 1. The predicted octanol–water partition coefficient (Wildman–Crippen LogP) is 3.91. The maximum Gasteiger partial charge on any atom is 0.265 e. The monoisotopic (exact) mass is 379 g/mol. The molecular weight excluding hydrogens is 365 g/mol. The third-order valence-electron chi connectivity index (χ3n) is 3.53. The molecule has 1 aliphatic rings. The molecule has 1 heterocycles. The van der Waals surface area contributed by atoms with Gasteiger partial charge in [0, 0.05) is 10.0 Å². The Hall–Kier alpha value is -2.08. The first-order valence-corrected chi connectivity index (χ1v) is 8.02. The zero-order valence-corrected chi connectivity index (χ0v) is 14.1. The van der Waals surface area contributed by atoms with Gasteiger partial charge < -0.3 is 14.4 Å². The summed E-state index contributed by atoms with van der Waals surface area (Å²) in [6.07, 6.45) is 0. The lowest BCUT2D eigenvalue weighted by Gasteiger charge is -2.21. The first-order chi connectivity index (χ1) is 11.1. The van der Waals surface area contributed by atoms with Crippen LogP contribution in [-0.4, -0.2) is 19.1 Å². The van der Waals surface area contributed by atoms with Crippen LogP contribution in [0.5, 0.6) is 11.5 Å². The molecule has 0 aromatic heterocycles. The van der Waals surface area contributed by atoms with Crippen molar-refractivity contribution in [2.24, 2.45) is 0 Å². The van der Waals surface area contributed by atoms with Crippen molar-refractivity contribution in [2.75, 3.05) is 18.1 Å². The molecule has 0 N–H and O–H groups in total. The second-order valence-electron chi connectivity index (χ2n) is 5.04. The summed E-state index contributed by atoms with van der Waals surface area (Å²) in [5, 5.41) is 0. The molecule has 0 fully saturated rings. The van der Waals surface area contributed by atoms with Gasteiger partial charge in [-0.3, -0.25) is 4.79 Å². The van der Waals surface area contributed by atoms with Gasteiger partial charge in [0.05, 0.1) is 18.8 Å². The Kier molecular flexibility index (Phi) is 4.52. The molecule has 0 saturated heterocycles. The van der Waals surface area contributed by atoms with Gasteiger partial charge in [0.15, 0.2) is 18.1 Å². The van der Waals surface area contributed by atoms with E-state index in [1.807, 2.05) is 19.1 Å². The number of hydrogen-bond donors (Lipinski definition) is 0. The topological polar surface area (TPSA) is 38.8 Å². The third-order valence-corrected chi connectivity index (χ3v) is 4.02. The number of carbonyl (C=O) groups excluding carboxylic acids is 1. The van der Waals surface area contributed by atoms with Crippen molar-refractivity contribution in [3.05, 3.63) is 52.3 Å². The SMILES string of the molecule is CCOc1cccc2c1OCC(=O)N(c1ccc(Br)cc1F)C2. The van der Waals surface area contributed by atoms with Crippen LogP contribution in [0.1, 0.15) is 12.5 Å². The molecule has 4 nitrogen and oxygen atoms in total. The largest absolute Gasteiger partial charge is 0.490 e. The number of anilines is 1. The van der Waals surface area contributed by atoms with Gasteiger partial charge in [-0.2, -0.15) is 0 Å². The molecule has 0 radical (unpaired) electrons. The Bertz CT molecular complexity index is 751. The fraction of sp³-hybridized carbons (Fsp3) is 0.235. The molecule has 2 aromatic carbocycles.